The number of phenols is 2. The first-order valence-corrected chi connectivity index (χ1v) is 11.0. The molecule has 33 heavy (non-hydrogen) atoms. The van der Waals surface area contributed by atoms with E-state index >= 15 is 0 Å². The molecule has 1 heterocycles. The monoisotopic (exact) mass is 460 g/mol. The summed E-state index contributed by atoms with van der Waals surface area (Å²) in [5.41, 5.74) is 4.78. The van der Waals surface area contributed by atoms with Gasteiger partial charge in [0.2, 0.25) is 0 Å². The number of benzene rings is 3. The lowest BCUT2D eigenvalue weighted by Gasteiger charge is -2.13. The fraction of sp³-hybridized carbons (Fsp3) is 0.0833. The first-order chi connectivity index (χ1) is 15.9. The van der Waals surface area contributed by atoms with E-state index in [1.807, 2.05) is 31.2 Å². The summed E-state index contributed by atoms with van der Waals surface area (Å²) in [6, 6.07) is 18.6. The van der Waals surface area contributed by atoms with E-state index in [2.05, 4.69) is 15.5 Å². The number of phenolic OH excluding ortho intramolecular Hbond substituents is 2. The highest BCUT2D eigenvalue weighted by Gasteiger charge is 2.14. The van der Waals surface area contributed by atoms with Crippen molar-refractivity contribution >= 4 is 34.8 Å². The molecule has 0 atom stereocenters. The van der Waals surface area contributed by atoms with Crippen LogP contribution in [0, 0.1) is 6.92 Å². The van der Waals surface area contributed by atoms with Crippen molar-refractivity contribution in [3.05, 3.63) is 88.2 Å². The third-order valence-corrected chi connectivity index (χ3v) is 5.71. The average Bonchev–Trinajstić information content (AvgIpc) is 2.80. The number of aromatic hydroxyl groups is 2. The predicted octanol–water partition coefficient (Wildman–Crippen LogP) is 3.35. The summed E-state index contributed by atoms with van der Waals surface area (Å²) in [6.45, 7) is 1.96. The summed E-state index contributed by atoms with van der Waals surface area (Å²) in [5.74, 6) is -0.681. The van der Waals surface area contributed by atoms with Crippen LogP contribution in [0.1, 0.15) is 11.1 Å². The van der Waals surface area contributed by atoms with E-state index in [9.17, 15) is 19.8 Å². The molecule has 0 saturated carbocycles. The molecule has 0 aliphatic rings. The number of fused-ring (bicyclic) bond motifs is 1. The second kappa shape index (κ2) is 9.58. The number of aryl methyl sites for hydroxylation is 1. The normalized spacial score (nSPS) is 11.2. The van der Waals surface area contributed by atoms with Crippen LogP contribution in [0.4, 0.5) is 0 Å². The summed E-state index contributed by atoms with van der Waals surface area (Å²) in [7, 11) is 0. The Balaban J connectivity index is 1.55. The summed E-state index contributed by atoms with van der Waals surface area (Å²) in [6.07, 6.45) is 1.27. The standard InChI is InChI=1S/C24H20N4O4S/c1-15-6-9-17(10-7-15)28-23(32)19-4-2-3-5-20(19)26-24(28)33-14-22(31)27-25-13-16-8-11-18(29)12-21(16)30/h2-13,29-30H,14H2,1H3,(H,27,31)/b25-13-. The zero-order valence-corrected chi connectivity index (χ0v) is 18.4. The van der Waals surface area contributed by atoms with Crippen molar-refractivity contribution < 1.29 is 15.0 Å². The van der Waals surface area contributed by atoms with Gasteiger partial charge in [0.1, 0.15) is 11.5 Å². The van der Waals surface area contributed by atoms with Crippen LogP contribution in [-0.4, -0.2) is 37.6 Å². The molecule has 0 saturated heterocycles. The highest BCUT2D eigenvalue weighted by molar-refractivity contribution is 7.99. The third kappa shape index (κ3) is 5.04. The molecule has 0 unspecified atom stereocenters. The molecule has 8 nitrogen and oxygen atoms in total. The fourth-order valence-electron chi connectivity index (χ4n) is 3.11. The number of nitrogens with one attached hydrogen (secondary N) is 1. The van der Waals surface area contributed by atoms with Crippen LogP contribution in [0.15, 0.2) is 81.8 Å². The zero-order chi connectivity index (χ0) is 23.4. The summed E-state index contributed by atoms with van der Waals surface area (Å²) in [4.78, 5) is 30.1. The van der Waals surface area contributed by atoms with E-state index in [0.29, 0.717) is 27.3 Å². The lowest BCUT2D eigenvalue weighted by atomic mass is 10.2. The average molecular weight is 461 g/mol. The Morgan fingerprint density at radius 3 is 2.64 bits per heavy atom. The van der Waals surface area contributed by atoms with Gasteiger partial charge < -0.3 is 10.2 Å². The molecule has 166 valence electrons. The smallest absolute Gasteiger partial charge is 0.266 e. The number of amides is 1. The van der Waals surface area contributed by atoms with Gasteiger partial charge in [-0.1, -0.05) is 41.6 Å². The van der Waals surface area contributed by atoms with Crippen LogP contribution in [0.25, 0.3) is 16.6 Å². The van der Waals surface area contributed by atoms with Crippen molar-refractivity contribution in [3.8, 4) is 17.2 Å². The number of hydrogen-bond acceptors (Lipinski definition) is 7. The molecule has 1 aromatic heterocycles. The van der Waals surface area contributed by atoms with Crippen LogP contribution in [0.5, 0.6) is 11.5 Å². The lowest BCUT2D eigenvalue weighted by Crippen LogP contribution is -2.24. The molecular weight excluding hydrogens is 440 g/mol. The van der Waals surface area contributed by atoms with Gasteiger partial charge in [0, 0.05) is 11.6 Å². The summed E-state index contributed by atoms with van der Waals surface area (Å²) >= 11 is 1.12. The van der Waals surface area contributed by atoms with Gasteiger partial charge in [-0.2, -0.15) is 5.10 Å². The van der Waals surface area contributed by atoms with E-state index in [-0.39, 0.29) is 22.8 Å². The minimum Gasteiger partial charge on any atom is -0.508 e. The van der Waals surface area contributed by atoms with E-state index in [1.165, 1.54) is 29.0 Å². The fourth-order valence-corrected chi connectivity index (χ4v) is 3.91. The van der Waals surface area contributed by atoms with E-state index in [1.54, 1.807) is 24.3 Å². The van der Waals surface area contributed by atoms with Crippen molar-refractivity contribution in [3.63, 3.8) is 0 Å². The van der Waals surface area contributed by atoms with Gasteiger partial charge in [-0.25, -0.2) is 10.4 Å². The van der Waals surface area contributed by atoms with E-state index in [0.717, 1.165) is 17.3 Å². The van der Waals surface area contributed by atoms with Crippen LogP contribution in [-0.2, 0) is 4.79 Å². The number of rotatable bonds is 6. The zero-order valence-electron chi connectivity index (χ0n) is 17.6. The number of aromatic nitrogens is 2. The van der Waals surface area contributed by atoms with Crippen LogP contribution >= 0.6 is 11.8 Å². The largest absolute Gasteiger partial charge is 0.508 e. The van der Waals surface area contributed by atoms with Gasteiger partial charge in [-0.3, -0.25) is 14.2 Å². The molecule has 9 heteroatoms. The first-order valence-electron chi connectivity index (χ1n) is 9.98. The lowest BCUT2D eigenvalue weighted by molar-refractivity contribution is -0.118. The minimum atomic E-state index is -0.410. The Bertz CT molecular complexity index is 1410. The second-order valence-corrected chi connectivity index (χ2v) is 8.16. The minimum absolute atomic E-state index is 0.0322. The molecular formula is C24H20N4O4S. The number of carbonyl (C=O) groups is 1. The number of para-hydroxylation sites is 1. The quantitative estimate of drug-likeness (QED) is 0.176. The Kier molecular flexibility index (Phi) is 6.41. The van der Waals surface area contributed by atoms with Gasteiger partial charge in [-0.15, -0.1) is 0 Å². The van der Waals surface area contributed by atoms with Crippen molar-refractivity contribution in [1.29, 1.82) is 0 Å². The maximum Gasteiger partial charge on any atom is 0.266 e. The van der Waals surface area contributed by atoms with Crippen LogP contribution < -0.4 is 11.0 Å². The Morgan fingerprint density at radius 2 is 1.88 bits per heavy atom. The number of hydrazone groups is 1. The highest BCUT2D eigenvalue weighted by atomic mass is 32.2. The van der Waals surface area contributed by atoms with Crippen molar-refractivity contribution in [2.75, 3.05) is 5.75 Å². The van der Waals surface area contributed by atoms with Gasteiger partial charge in [0.05, 0.1) is 28.6 Å². The van der Waals surface area contributed by atoms with Gasteiger partial charge in [0.25, 0.3) is 11.5 Å². The van der Waals surface area contributed by atoms with Gasteiger partial charge >= 0.3 is 0 Å². The third-order valence-electron chi connectivity index (χ3n) is 4.78. The molecule has 3 N–H and O–H groups in total. The first kappa shape index (κ1) is 22.1. The molecule has 0 radical (unpaired) electrons. The predicted molar refractivity (Wildman–Crippen MR) is 128 cm³/mol. The highest BCUT2D eigenvalue weighted by Crippen LogP contribution is 2.22. The van der Waals surface area contributed by atoms with E-state index in [4.69, 9.17) is 0 Å². The van der Waals surface area contributed by atoms with E-state index < -0.39 is 5.91 Å². The number of hydrogen-bond donors (Lipinski definition) is 3. The molecule has 4 aromatic rings. The number of thioether (sulfide) groups is 1. The molecule has 3 aromatic carbocycles. The molecule has 0 aliphatic carbocycles. The van der Waals surface area contributed by atoms with Crippen LogP contribution in [0.3, 0.4) is 0 Å². The molecule has 0 bridgehead atoms. The van der Waals surface area contributed by atoms with Crippen LogP contribution in [0.2, 0.25) is 0 Å². The van der Waals surface area contributed by atoms with Gasteiger partial charge in [0.15, 0.2) is 5.16 Å². The number of nitrogens with zero attached hydrogens (tertiary/aromatic N) is 3. The Labute approximate surface area is 193 Å². The molecule has 1 amide bonds. The van der Waals surface area contributed by atoms with Crippen molar-refractivity contribution in [2.24, 2.45) is 5.10 Å². The van der Waals surface area contributed by atoms with Crippen molar-refractivity contribution in [1.82, 2.24) is 15.0 Å². The summed E-state index contributed by atoms with van der Waals surface area (Å²) < 4.78 is 1.50. The molecule has 4 rings (SSSR count). The SMILES string of the molecule is Cc1ccc(-n2c(SCC(=O)N/N=C\c3ccc(O)cc3O)nc3ccccc3c2=O)cc1. The van der Waals surface area contributed by atoms with Gasteiger partial charge in [-0.05, 0) is 43.3 Å². The summed E-state index contributed by atoms with van der Waals surface area (Å²) in [5, 5.41) is 23.8. The molecule has 0 fully saturated rings. The Morgan fingerprint density at radius 1 is 1.12 bits per heavy atom. The maximum atomic E-state index is 13.2. The number of carbonyl (C=O) groups excluding carboxylic acids is 1. The Hall–Kier alpha value is -4.11. The molecule has 0 spiro atoms. The second-order valence-electron chi connectivity index (χ2n) is 7.21. The topological polar surface area (TPSA) is 117 Å². The molecule has 0 aliphatic heterocycles. The maximum absolute atomic E-state index is 13.2. The van der Waals surface area contributed by atoms with Crippen molar-refractivity contribution in [2.45, 2.75) is 12.1 Å².